The van der Waals surface area contributed by atoms with Crippen LogP contribution in [0.25, 0.3) is 10.2 Å². The summed E-state index contributed by atoms with van der Waals surface area (Å²) in [6.07, 6.45) is 0.937. The van der Waals surface area contributed by atoms with Crippen molar-refractivity contribution in [2.75, 3.05) is 44.7 Å². The minimum atomic E-state index is -0.340. The van der Waals surface area contributed by atoms with Gasteiger partial charge in [-0.1, -0.05) is 0 Å². The number of carbonyl (C=O) groups is 2. The average molecular weight is 420 g/mol. The van der Waals surface area contributed by atoms with E-state index in [2.05, 4.69) is 20.1 Å². The Morgan fingerprint density at radius 3 is 2.62 bits per heavy atom. The highest BCUT2D eigenvalue weighted by atomic mass is 32.1. The molecule has 2 aromatic rings. The molecule has 29 heavy (non-hydrogen) atoms. The number of aromatic nitrogens is 2. The quantitative estimate of drug-likeness (QED) is 0.743. The first kappa shape index (κ1) is 21.4. The van der Waals surface area contributed by atoms with E-state index in [1.54, 1.807) is 0 Å². The average Bonchev–Trinajstić information content (AvgIpc) is 2.83. The summed E-state index contributed by atoms with van der Waals surface area (Å²) >= 11 is 1.35. The lowest BCUT2D eigenvalue weighted by atomic mass is 10.2. The van der Waals surface area contributed by atoms with Crippen LogP contribution in [0.15, 0.2) is 0 Å². The van der Waals surface area contributed by atoms with Crippen molar-refractivity contribution in [1.29, 1.82) is 0 Å². The van der Waals surface area contributed by atoms with Crippen LogP contribution in [0.3, 0.4) is 0 Å². The number of nitrogens with zero attached hydrogens (tertiary/aromatic N) is 4. The van der Waals surface area contributed by atoms with Crippen LogP contribution in [0.2, 0.25) is 0 Å². The maximum Gasteiger partial charge on any atom is 0.348 e. The van der Waals surface area contributed by atoms with Crippen molar-refractivity contribution in [3.05, 3.63) is 16.3 Å². The molecule has 1 aliphatic heterocycles. The van der Waals surface area contributed by atoms with Gasteiger partial charge in [0.05, 0.1) is 19.0 Å². The molecule has 0 aromatic carbocycles. The van der Waals surface area contributed by atoms with E-state index in [0.717, 1.165) is 54.2 Å². The van der Waals surface area contributed by atoms with Gasteiger partial charge in [0, 0.05) is 32.2 Å². The second kappa shape index (κ2) is 9.04. The van der Waals surface area contributed by atoms with Gasteiger partial charge in [0.2, 0.25) is 5.91 Å². The number of fused-ring (bicyclic) bond motifs is 1. The van der Waals surface area contributed by atoms with Crippen LogP contribution in [0, 0.1) is 13.8 Å². The maximum atomic E-state index is 12.1. The maximum absolute atomic E-state index is 12.1. The van der Waals surface area contributed by atoms with Crippen molar-refractivity contribution in [3.8, 4) is 0 Å². The molecule has 1 aliphatic rings. The number of methoxy groups -OCH3 is 1. The summed E-state index contributed by atoms with van der Waals surface area (Å²) in [7, 11) is 1.39. The minimum absolute atomic E-state index is 0.0603. The number of thiophene rings is 1. The molecule has 2 aromatic heterocycles. The van der Waals surface area contributed by atoms with E-state index in [9.17, 15) is 9.59 Å². The number of amides is 1. The predicted molar refractivity (Wildman–Crippen MR) is 115 cm³/mol. The van der Waals surface area contributed by atoms with Crippen LogP contribution >= 0.6 is 11.3 Å². The molecular weight excluding hydrogens is 390 g/mol. The lowest BCUT2D eigenvalue weighted by Gasteiger charge is -2.24. The smallest absolute Gasteiger partial charge is 0.348 e. The SMILES string of the molecule is COC(=O)c1sc2nc(C)nc(N3CCCN(CC(=O)NC(C)C)CC3)c2c1C. The van der Waals surface area contributed by atoms with Crippen LogP contribution in [0.4, 0.5) is 5.82 Å². The third-order valence-electron chi connectivity index (χ3n) is 4.96. The summed E-state index contributed by atoms with van der Waals surface area (Å²) in [6, 6.07) is 0.147. The summed E-state index contributed by atoms with van der Waals surface area (Å²) in [6.45, 7) is 11.4. The van der Waals surface area contributed by atoms with E-state index in [1.807, 2.05) is 27.7 Å². The van der Waals surface area contributed by atoms with Gasteiger partial charge in [-0.2, -0.15) is 0 Å². The summed E-state index contributed by atoms with van der Waals surface area (Å²) in [5, 5.41) is 3.88. The normalized spacial score (nSPS) is 15.6. The van der Waals surface area contributed by atoms with Crippen LogP contribution < -0.4 is 10.2 Å². The zero-order valence-corrected chi connectivity index (χ0v) is 18.6. The first-order valence-corrected chi connectivity index (χ1v) is 10.7. The van der Waals surface area contributed by atoms with Gasteiger partial charge in [0.25, 0.3) is 0 Å². The van der Waals surface area contributed by atoms with Gasteiger partial charge < -0.3 is 15.0 Å². The Hall–Kier alpha value is -2.26. The van der Waals surface area contributed by atoms with E-state index >= 15 is 0 Å². The molecule has 1 fully saturated rings. The van der Waals surface area contributed by atoms with E-state index in [-0.39, 0.29) is 17.9 Å². The van der Waals surface area contributed by atoms with E-state index in [0.29, 0.717) is 17.2 Å². The summed E-state index contributed by atoms with van der Waals surface area (Å²) in [5.74, 6) is 1.27. The highest BCUT2D eigenvalue weighted by Gasteiger charge is 2.25. The first-order valence-electron chi connectivity index (χ1n) is 9.92. The molecular formula is C20H29N5O3S. The molecule has 8 nitrogen and oxygen atoms in total. The molecule has 1 amide bonds. The molecule has 1 saturated heterocycles. The van der Waals surface area contributed by atoms with Crippen LogP contribution in [-0.2, 0) is 9.53 Å². The monoisotopic (exact) mass is 419 g/mol. The van der Waals surface area contributed by atoms with Crippen LogP contribution in [0.1, 0.15) is 41.3 Å². The minimum Gasteiger partial charge on any atom is -0.465 e. The molecule has 0 aliphatic carbocycles. The van der Waals surface area contributed by atoms with Crippen LogP contribution in [0.5, 0.6) is 0 Å². The Morgan fingerprint density at radius 2 is 1.93 bits per heavy atom. The molecule has 3 rings (SSSR count). The second-order valence-corrected chi connectivity index (χ2v) is 8.66. The number of rotatable bonds is 5. The number of esters is 1. The van der Waals surface area contributed by atoms with Gasteiger partial charge in [-0.25, -0.2) is 14.8 Å². The summed E-state index contributed by atoms with van der Waals surface area (Å²) in [4.78, 5) is 39.3. The number of hydrogen-bond acceptors (Lipinski definition) is 8. The fraction of sp³-hybridized carbons (Fsp3) is 0.600. The van der Waals surface area contributed by atoms with Crippen molar-refractivity contribution in [2.45, 2.75) is 40.2 Å². The summed E-state index contributed by atoms with van der Waals surface area (Å²) < 4.78 is 4.93. The molecule has 3 heterocycles. The van der Waals surface area contributed by atoms with Crippen molar-refractivity contribution in [1.82, 2.24) is 20.2 Å². The predicted octanol–water partition coefficient (Wildman–Crippen LogP) is 2.13. The van der Waals surface area contributed by atoms with E-state index in [4.69, 9.17) is 9.72 Å². The van der Waals surface area contributed by atoms with Gasteiger partial charge in [0.15, 0.2) is 0 Å². The first-order chi connectivity index (χ1) is 13.8. The highest BCUT2D eigenvalue weighted by molar-refractivity contribution is 7.20. The van der Waals surface area contributed by atoms with E-state index < -0.39 is 0 Å². The largest absolute Gasteiger partial charge is 0.465 e. The lowest BCUT2D eigenvalue weighted by Crippen LogP contribution is -2.41. The number of aryl methyl sites for hydroxylation is 2. The van der Waals surface area contributed by atoms with Crippen molar-refractivity contribution in [3.63, 3.8) is 0 Å². The Bertz CT molecular complexity index is 911. The molecule has 0 bridgehead atoms. The number of ether oxygens (including phenoxy) is 1. The standard InChI is InChI=1S/C20H29N5O3S/c1-12(2)21-15(26)11-24-7-6-8-25(10-9-24)18-16-13(3)17(20(27)28-5)29-19(16)23-14(4)22-18/h12H,6-11H2,1-5H3,(H,21,26). The number of nitrogens with one attached hydrogen (secondary N) is 1. The second-order valence-electron chi connectivity index (χ2n) is 7.66. The Labute approximate surface area is 175 Å². The molecule has 0 atom stereocenters. The number of hydrogen-bond donors (Lipinski definition) is 1. The fourth-order valence-corrected chi connectivity index (χ4v) is 4.79. The lowest BCUT2D eigenvalue weighted by molar-refractivity contribution is -0.122. The van der Waals surface area contributed by atoms with E-state index in [1.165, 1.54) is 18.4 Å². The Kier molecular flexibility index (Phi) is 6.69. The van der Waals surface area contributed by atoms with Gasteiger partial charge in [-0.15, -0.1) is 11.3 Å². The highest BCUT2D eigenvalue weighted by Crippen LogP contribution is 2.36. The molecule has 158 valence electrons. The van der Waals surface area contributed by atoms with Gasteiger partial charge in [-0.3, -0.25) is 9.69 Å². The topological polar surface area (TPSA) is 87.7 Å². The zero-order valence-electron chi connectivity index (χ0n) is 17.7. The number of carbonyl (C=O) groups excluding carboxylic acids is 2. The molecule has 0 saturated carbocycles. The third kappa shape index (κ3) is 4.84. The molecule has 9 heteroatoms. The molecule has 0 spiro atoms. The summed E-state index contributed by atoms with van der Waals surface area (Å²) in [5.41, 5.74) is 0.865. The van der Waals surface area contributed by atoms with Crippen molar-refractivity contribution < 1.29 is 14.3 Å². The van der Waals surface area contributed by atoms with Gasteiger partial charge in [0.1, 0.15) is 21.3 Å². The van der Waals surface area contributed by atoms with Gasteiger partial charge in [-0.05, 0) is 39.7 Å². The zero-order chi connectivity index (χ0) is 21.1. The van der Waals surface area contributed by atoms with Crippen LogP contribution in [-0.4, -0.2) is 72.6 Å². The number of anilines is 1. The Morgan fingerprint density at radius 1 is 1.17 bits per heavy atom. The molecule has 1 N–H and O–H groups in total. The van der Waals surface area contributed by atoms with Crippen molar-refractivity contribution >= 4 is 39.2 Å². The van der Waals surface area contributed by atoms with Gasteiger partial charge >= 0.3 is 5.97 Å². The third-order valence-corrected chi connectivity index (χ3v) is 6.12. The Balaban J connectivity index is 1.84. The molecule has 0 unspecified atom stereocenters. The van der Waals surface area contributed by atoms with Crippen molar-refractivity contribution in [2.24, 2.45) is 0 Å². The molecule has 0 radical (unpaired) electrons. The fourth-order valence-electron chi connectivity index (χ4n) is 3.65.